The molecule has 0 spiro atoms. The summed E-state index contributed by atoms with van der Waals surface area (Å²) in [5.74, 6) is 4.67. The highest BCUT2D eigenvalue weighted by molar-refractivity contribution is 5.91. The molecule has 21 heavy (non-hydrogen) atoms. The second-order valence-corrected chi connectivity index (χ2v) is 5.55. The molecule has 1 amide bonds. The molecule has 1 fully saturated rings. The second-order valence-electron chi connectivity index (χ2n) is 5.55. The normalized spacial score (nSPS) is 21.2. The Bertz CT molecular complexity index is 461. The molecule has 1 atom stereocenters. The minimum absolute atomic E-state index is 0.250. The Labute approximate surface area is 125 Å². The van der Waals surface area contributed by atoms with E-state index in [9.17, 15) is 4.79 Å². The molecule has 8 heteroatoms. The monoisotopic (exact) mass is 295 g/mol. The van der Waals surface area contributed by atoms with Crippen molar-refractivity contribution in [2.75, 3.05) is 33.2 Å². The Balaban J connectivity index is 1.91. The fourth-order valence-corrected chi connectivity index (χ4v) is 2.79. The van der Waals surface area contributed by atoms with Gasteiger partial charge in [0.1, 0.15) is 0 Å². The van der Waals surface area contributed by atoms with Gasteiger partial charge in [0.25, 0.3) is 5.91 Å². The Morgan fingerprint density at radius 1 is 1.48 bits per heavy atom. The molecule has 0 radical (unpaired) electrons. The van der Waals surface area contributed by atoms with Crippen LogP contribution in [0.3, 0.4) is 0 Å². The van der Waals surface area contributed by atoms with Gasteiger partial charge < -0.3 is 4.90 Å². The van der Waals surface area contributed by atoms with Gasteiger partial charge in [0.05, 0.1) is 12.7 Å². The maximum Gasteiger partial charge on any atom is 0.287 e. The summed E-state index contributed by atoms with van der Waals surface area (Å²) < 4.78 is 1.70. The van der Waals surface area contributed by atoms with Gasteiger partial charge in [-0.25, -0.2) is 5.84 Å². The smallest absolute Gasteiger partial charge is 0.287 e. The van der Waals surface area contributed by atoms with Crippen molar-refractivity contribution in [3.63, 3.8) is 0 Å². The third-order valence-corrected chi connectivity index (χ3v) is 4.01. The van der Waals surface area contributed by atoms with Crippen LogP contribution < -0.4 is 11.3 Å². The van der Waals surface area contributed by atoms with Crippen molar-refractivity contribution in [1.82, 2.24) is 30.2 Å². The first kappa shape index (κ1) is 15.9. The first-order valence-electron chi connectivity index (χ1n) is 7.47. The van der Waals surface area contributed by atoms with Gasteiger partial charge in [-0.1, -0.05) is 12.1 Å². The van der Waals surface area contributed by atoms with Crippen molar-refractivity contribution < 1.29 is 4.79 Å². The number of amides is 1. The third kappa shape index (κ3) is 4.23. The number of hydrogen-bond donors (Lipinski definition) is 2. The van der Waals surface area contributed by atoms with Gasteiger partial charge in [-0.15, -0.1) is 5.10 Å². The lowest BCUT2D eigenvalue weighted by molar-refractivity contribution is 0.0948. The maximum absolute atomic E-state index is 11.3. The van der Waals surface area contributed by atoms with Crippen LogP contribution in [0.15, 0.2) is 6.20 Å². The zero-order valence-corrected chi connectivity index (χ0v) is 12.8. The summed E-state index contributed by atoms with van der Waals surface area (Å²) in [5.41, 5.74) is 2.31. The highest BCUT2D eigenvalue weighted by Crippen LogP contribution is 2.11. The number of carbonyl (C=O) groups is 1. The molecule has 1 aromatic heterocycles. The summed E-state index contributed by atoms with van der Waals surface area (Å²) in [4.78, 5) is 16.2. The number of hydrazine groups is 1. The molecule has 118 valence electrons. The molecule has 0 aliphatic carbocycles. The maximum atomic E-state index is 11.3. The predicted octanol–water partition coefficient (Wildman–Crippen LogP) is -0.702. The summed E-state index contributed by atoms with van der Waals surface area (Å²) in [5, 5.41) is 7.79. The molecule has 3 N–H and O–H groups in total. The highest BCUT2D eigenvalue weighted by atomic mass is 16.2. The van der Waals surface area contributed by atoms with Crippen molar-refractivity contribution in [2.24, 2.45) is 5.84 Å². The molecule has 1 saturated heterocycles. The van der Waals surface area contributed by atoms with Crippen LogP contribution in [0.2, 0.25) is 0 Å². The second kappa shape index (κ2) is 7.48. The summed E-state index contributed by atoms with van der Waals surface area (Å²) in [6.45, 7) is 7.24. The number of nitrogens with zero attached hydrogens (tertiary/aromatic N) is 5. The van der Waals surface area contributed by atoms with Crippen LogP contribution in [0.1, 0.15) is 30.3 Å². The van der Waals surface area contributed by atoms with E-state index < -0.39 is 5.91 Å². The molecular formula is C13H25N7O. The number of aromatic nitrogens is 3. The number of hydrogen-bond acceptors (Lipinski definition) is 6. The van der Waals surface area contributed by atoms with Crippen molar-refractivity contribution in [3.8, 4) is 0 Å². The topological polar surface area (TPSA) is 92.3 Å². The zero-order chi connectivity index (χ0) is 15.2. The molecule has 2 rings (SSSR count). The molecule has 8 nitrogen and oxygen atoms in total. The number of rotatable bonds is 5. The molecule has 0 saturated carbocycles. The van der Waals surface area contributed by atoms with Crippen LogP contribution in [0.25, 0.3) is 0 Å². The van der Waals surface area contributed by atoms with Gasteiger partial charge in [-0.2, -0.15) is 0 Å². The minimum atomic E-state index is -0.413. The number of likely N-dealkylation sites (N-methyl/N-ethyl adjacent to an activating group) is 1. The molecule has 2 heterocycles. The summed E-state index contributed by atoms with van der Waals surface area (Å²) in [6.07, 6.45) is 3.96. The van der Waals surface area contributed by atoms with Crippen LogP contribution in [0, 0.1) is 0 Å². The lowest BCUT2D eigenvalue weighted by atomic mass is 10.2. The van der Waals surface area contributed by atoms with Gasteiger partial charge in [-0.05, 0) is 33.0 Å². The first-order chi connectivity index (χ1) is 10.1. The molecule has 1 aromatic rings. The quantitative estimate of drug-likeness (QED) is 0.424. The van der Waals surface area contributed by atoms with Crippen molar-refractivity contribution in [2.45, 2.75) is 32.4 Å². The lowest BCUT2D eigenvalue weighted by Crippen LogP contribution is -2.41. The van der Waals surface area contributed by atoms with Crippen molar-refractivity contribution >= 4 is 5.91 Å². The molecule has 1 aliphatic rings. The van der Waals surface area contributed by atoms with E-state index in [1.807, 2.05) is 0 Å². The molecule has 0 aromatic carbocycles. The molecular weight excluding hydrogens is 270 g/mol. The molecule has 0 bridgehead atoms. The third-order valence-electron chi connectivity index (χ3n) is 4.01. The minimum Gasteiger partial charge on any atom is -0.305 e. The number of carbonyl (C=O) groups excluding carboxylic acids is 1. The molecule has 1 aliphatic heterocycles. The van der Waals surface area contributed by atoms with E-state index in [1.165, 1.54) is 6.42 Å². The number of nitrogens with two attached hydrogens (primary N) is 1. The van der Waals surface area contributed by atoms with Gasteiger partial charge in [0.15, 0.2) is 5.69 Å². The van der Waals surface area contributed by atoms with E-state index in [-0.39, 0.29) is 5.69 Å². The summed E-state index contributed by atoms with van der Waals surface area (Å²) in [6, 6.07) is 0.577. The average Bonchev–Trinajstić information content (AvgIpc) is 2.88. The Morgan fingerprint density at radius 3 is 3.00 bits per heavy atom. The first-order valence-corrected chi connectivity index (χ1v) is 7.47. The summed E-state index contributed by atoms with van der Waals surface area (Å²) >= 11 is 0. The van der Waals surface area contributed by atoms with E-state index in [4.69, 9.17) is 5.84 Å². The Morgan fingerprint density at radius 2 is 2.29 bits per heavy atom. The van der Waals surface area contributed by atoms with Gasteiger partial charge >= 0.3 is 0 Å². The Kier molecular flexibility index (Phi) is 5.66. The Hall–Kier alpha value is -1.51. The van der Waals surface area contributed by atoms with Crippen molar-refractivity contribution in [1.29, 1.82) is 0 Å². The van der Waals surface area contributed by atoms with Gasteiger partial charge in [0, 0.05) is 19.1 Å². The van der Waals surface area contributed by atoms with E-state index in [1.54, 1.807) is 10.9 Å². The standard InChI is InChI=1S/C13H25N7O/c1-3-11-9-18(2)5-4-6-19(11)7-8-20-10-12(16-17-20)13(21)15-14/h10-11H,3-9,14H2,1-2H3,(H,15,21). The van der Waals surface area contributed by atoms with E-state index in [0.29, 0.717) is 6.04 Å². The fourth-order valence-electron chi connectivity index (χ4n) is 2.79. The molecule has 1 unspecified atom stereocenters. The predicted molar refractivity (Wildman–Crippen MR) is 79.4 cm³/mol. The fraction of sp³-hybridized carbons (Fsp3) is 0.769. The lowest BCUT2D eigenvalue weighted by Gasteiger charge is -2.29. The van der Waals surface area contributed by atoms with Crippen LogP contribution in [-0.4, -0.2) is 70.0 Å². The average molecular weight is 295 g/mol. The van der Waals surface area contributed by atoms with Crippen LogP contribution >= 0.6 is 0 Å². The van der Waals surface area contributed by atoms with E-state index in [0.717, 1.165) is 39.1 Å². The van der Waals surface area contributed by atoms with Crippen LogP contribution in [0.4, 0.5) is 0 Å². The van der Waals surface area contributed by atoms with E-state index >= 15 is 0 Å². The van der Waals surface area contributed by atoms with Crippen molar-refractivity contribution in [3.05, 3.63) is 11.9 Å². The summed E-state index contributed by atoms with van der Waals surface area (Å²) in [7, 11) is 2.18. The zero-order valence-electron chi connectivity index (χ0n) is 12.8. The van der Waals surface area contributed by atoms with E-state index in [2.05, 4.69) is 39.5 Å². The number of nitrogen functional groups attached to an aromatic ring is 1. The van der Waals surface area contributed by atoms with Gasteiger partial charge in [0.2, 0.25) is 0 Å². The largest absolute Gasteiger partial charge is 0.305 e. The van der Waals surface area contributed by atoms with Gasteiger partial charge in [-0.3, -0.25) is 19.8 Å². The van der Waals surface area contributed by atoms with Crippen LogP contribution in [-0.2, 0) is 6.54 Å². The SMILES string of the molecule is CCC1CN(C)CCCN1CCn1cc(C(=O)NN)nn1. The highest BCUT2D eigenvalue weighted by Gasteiger charge is 2.21. The number of nitrogens with one attached hydrogen (secondary N) is 1. The van der Waals surface area contributed by atoms with Crippen LogP contribution in [0.5, 0.6) is 0 Å².